The van der Waals surface area contributed by atoms with Crippen LogP contribution in [0.25, 0.3) is 0 Å². The number of hydrogen-bond acceptors (Lipinski definition) is 6. The van der Waals surface area contributed by atoms with Gasteiger partial charge in [-0.05, 0) is 12.0 Å². The van der Waals surface area contributed by atoms with Gasteiger partial charge in [0.05, 0.1) is 5.92 Å². The molecule has 25 heavy (non-hydrogen) atoms. The fraction of sp³-hybridized carbons (Fsp3) is 0.176. The highest BCUT2D eigenvalue weighted by molar-refractivity contribution is 7.14. The SMILES string of the molecule is O=C(C[C@H](Cc1ccccc1)C(=O)Nc1nccs1)Nc1nccs1. The van der Waals surface area contributed by atoms with Crippen LogP contribution >= 0.6 is 22.7 Å². The summed E-state index contributed by atoms with van der Waals surface area (Å²) in [4.78, 5) is 33.0. The number of aromatic nitrogens is 2. The van der Waals surface area contributed by atoms with E-state index in [-0.39, 0.29) is 18.2 Å². The molecule has 8 heteroatoms. The molecule has 2 amide bonds. The molecule has 1 atom stereocenters. The van der Waals surface area contributed by atoms with Crippen LogP contribution < -0.4 is 10.6 Å². The molecule has 0 unspecified atom stereocenters. The molecule has 0 aliphatic heterocycles. The van der Waals surface area contributed by atoms with Crippen LogP contribution in [0.15, 0.2) is 53.5 Å². The summed E-state index contributed by atoms with van der Waals surface area (Å²) < 4.78 is 0. The lowest BCUT2D eigenvalue weighted by Crippen LogP contribution is -2.29. The number of carbonyl (C=O) groups is 2. The third-order valence-electron chi connectivity index (χ3n) is 3.47. The summed E-state index contributed by atoms with van der Waals surface area (Å²) >= 11 is 2.69. The molecule has 2 N–H and O–H groups in total. The van der Waals surface area contributed by atoms with Crippen LogP contribution in [0.5, 0.6) is 0 Å². The fourth-order valence-corrected chi connectivity index (χ4v) is 3.41. The number of thiazole rings is 2. The molecule has 0 aliphatic carbocycles. The highest BCUT2D eigenvalue weighted by atomic mass is 32.1. The van der Waals surface area contributed by atoms with Crippen LogP contribution in [0.3, 0.4) is 0 Å². The van der Waals surface area contributed by atoms with Gasteiger partial charge in [0.2, 0.25) is 11.8 Å². The lowest BCUT2D eigenvalue weighted by molar-refractivity contribution is -0.124. The van der Waals surface area contributed by atoms with E-state index in [9.17, 15) is 9.59 Å². The normalized spacial score (nSPS) is 11.7. The fourth-order valence-electron chi connectivity index (χ4n) is 2.33. The van der Waals surface area contributed by atoms with E-state index in [1.165, 1.54) is 22.7 Å². The summed E-state index contributed by atoms with van der Waals surface area (Å²) in [5, 5.41) is 10.1. The lowest BCUT2D eigenvalue weighted by atomic mass is 9.95. The number of amides is 2. The zero-order chi connectivity index (χ0) is 17.5. The second kappa shape index (κ2) is 8.50. The first-order valence-corrected chi connectivity index (χ1v) is 9.40. The van der Waals surface area contributed by atoms with E-state index in [1.807, 2.05) is 30.3 Å². The maximum Gasteiger partial charge on any atom is 0.230 e. The van der Waals surface area contributed by atoms with Gasteiger partial charge in [-0.2, -0.15) is 0 Å². The Hall–Kier alpha value is -2.58. The van der Waals surface area contributed by atoms with Gasteiger partial charge in [0.1, 0.15) is 0 Å². The third-order valence-corrected chi connectivity index (χ3v) is 4.85. The topological polar surface area (TPSA) is 84.0 Å². The smallest absolute Gasteiger partial charge is 0.230 e. The second-order valence-corrected chi connectivity index (χ2v) is 7.09. The molecule has 0 aliphatic rings. The largest absolute Gasteiger partial charge is 0.302 e. The predicted molar refractivity (Wildman–Crippen MR) is 99.7 cm³/mol. The maximum atomic E-state index is 12.6. The number of hydrogen-bond donors (Lipinski definition) is 2. The maximum absolute atomic E-state index is 12.6. The Bertz CT molecular complexity index is 805. The van der Waals surface area contributed by atoms with Gasteiger partial charge in [-0.3, -0.25) is 9.59 Å². The van der Waals surface area contributed by atoms with Gasteiger partial charge in [0, 0.05) is 29.6 Å². The highest BCUT2D eigenvalue weighted by Gasteiger charge is 2.23. The van der Waals surface area contributed by atoms with E-state index in [0.717, 1.165) is 5.56 Å². The van der Waals surface area contributed by atoms with Crippen LogP contribution in [0.4, 0.5) is 10.3 Å². The molecule has 0 saturated carbocycles. The van der Waals surface area contributed by atoms with E-state index in [1.54, 1.807) is 23.2 Å². The molecule has 2 heterocycles. The van der Waals surface area contributed by atoms with Crippen molar-refractivity contribution in [1.29, 1.82) is 0 Å². The summed E-state index contributed by atoms with van der Waals surface area (Å²) in [7, 11) is 0. The van der Waals surface area contributed by atoms with Crippen LogP contribution in [-0.2, 0) is 16.0 Å². The number of nitrogens with one attached hydrogen (secondary N) is 2. The van der Waals surface area contributed by atoms with Crippen LogP contribution in [0, 0.1) is 5.92 Å². The van der Waals surface area contributed by atoms with Crippen molar-refractivity contribution in [2.75, 3.05) is 10.6 Å². The minimum atomic E-state index is -0.494. The zero-order valence-electron chi connectivity index (χ0n) is 13.2. The minimum Gasteiger partial charge on any atom is -0.302 e. The van der Waals surface area contributed by atoms with Crippen molar-refractivity contribution in [2.45, 2.75) is 12.8 Å². The van der Waals surface area contributed by atoms with E-state index in [4.69, 9.17) is 0 Å². The summed E-state index contributed by atoms with van der Waals surface area (Å²) in [6.45, 7) is 0. The molecule has 0 bridgehead atoms. The quantitative estimate of drug-likeness (QED) is 0.665. The number of anilines is 2. The summed E-state index contributed by atoms with van der Waals surface area (Å²) in [6.07, 6.45) is 3.80. The first-order valence-electron chi connectivity index (χ1n) is 7.64. The summed E-state index contributed by atoms with van der Waals surface area (Å²) in [5.74, 6) is -0.940. The Morgan fingerprint density at radius 1 is 0.960 bits per heavy atom. The predicted octanol–water partition coefficient (Wildman–Crippen LogP) is 3.43. The first kappa shape index (κ1) is 17.2. The van der Waals surface area contributed by atoms with Crippen molar-refractivity contribution in [1.82, 2.24) is 9.97 Å². The van der Waals surface area contributed by atoms with Gasteiger partial charge < -0.3 is 10.6 Å². The van der Waals surface area contributed by atoms with Gasteiger partial charge >= 0.3 is 0 Å². The van der Waals surface area contributed by atoms with Crippen LogP contribution in [-0.4, -0.2) is 21.8 Å². The Labute approximate surface area is 153 Å². The molecular formula is C17H16N4O2S2. The number of rotatable bonds is 7. The Balaban J connectivity index is 1.68. The molecule has 3 aromatic rings. The van der Waals surface area contributed by atoms with Crippen molar-refractivity contribution >= 4 is 44.8 Å². The third kappa shape index (κ3) is 5.20. The van der Waals surface area contributed by atoms with Crippen molar-refractivity contribution in [2.24, 2.45) is 5.92 Å². The molecule has 0 spiro atoms. The van der Waals surface area contributed by atoms with Gasteiger partial charge in [-0.25, -0.2) is 9.97 Å². The lowest BCUT2D eigenvalue weighted by Gasteiger charge is -2.15. The number of nitrogens with zero attached hydrogens (tertiary/aromatic N) is 2. The Kier molecular flexibility index (Phi) is 5.86. The molecule has 2 aromatic heterocycles. The molecule has 0 fully saturated rings. The molecule has 0 saturated heterocycles. The van der Waals surface area contributed by atoms with E-state index >= 15 is 0 Å². The molecule has 128 valence electrons. The monoisotopic (exact) mass is 372 g/mol. The molecular weight excluding hydrogens is 356 g/mol. The Morgan fingerprint density at radius 2 is 1.60 bits per heavy atom. The minimum absolute atomic E-state index is 0.0751. The van der Waals surface area contributed by atoms with Crippen LogP contribution in [0.1, 0.15) is 12.0 Å². The summed E-state index contributed by atoms with van der Waals surface area (Å²) in [5.41, 5.74) is 1.00. The van der Waals surface area contributed by atoms with E-state index in [2.05, 4.69) is 20.6 Å². The highest BCUT2D eigenvalue weighted by Crippen LogP contribution is 2.19. The van der Waals surface area contributed by atoms with Crippen LogP contribution in [0.2, 0.25) is 0 Å². The van der Waals surface area contributed by atoms with Crippen molar-refractivity contribution in [3.05, 3.63) is 59.0 Å². The second-order valence-electron chi connectivity index (χ2n) is 5.30. The standard InChI is InChI=1S/C17H16N4O2S2/c22-14(20-16-18-6-8-24-16)11-13(10-12-4-2-1-3-5-12)15(23)21-17-19-7-9-25-17/h1-9,13H,10-11H2,(H,18,20,22)(H,19,21,23)/t13-/m0/s1. The van der Waals surface area contributed by atoms with Gasteiger partial charge in [-0.1, -0.05) is 30.3 Å². The van der Waals surface area contributed by atoms with E-state index < -0.39 is 5.92 Å². The number of carbonyl (C=O) groups excluding carboxylic acids is 2. The van der Waals surface area contributed by atoms with Crippen molar-refractivity contribution in [3.63, 3.8) is 0 Å². The first-order chi connectivity index (χ1) is 12.2. The molecule has 3 rings (SSSR count). The van der Waals surface area contributed by atoms with Gasteiger partial charge in [0.25, 0.3) is 0 Å². The average molecular weight is 372 g/mol. The molecule has 1 aromatic carbocycles. The molecule has 0 radical (unpaired) electrons. The zero-order valence-corrected chi connectivity index (χ0v) is 14.8. The van der Waals surface area contributed by atoms with Gasteiger partial charge in [0.15, 0.2) is 10.3 Å². The summed E-state index contributed by atoms with van der Waals surface area (Å²) in [6, 6.07) is 9.65. The molecule has 6 nitrogen and oxygen atoms in total. The van der Waals surface area contributed by atoms with Crippen molar-refractivity contribution in [3.8, 4) is 0 Å². The van der Waals surface area contributed by atoms with Crippen molar-refractivity contribution < 1.29 is 9.59 Å². The average Bonchev–Trinajstić information content (AvgIpc) is 3.29. The Morgan fingerprint density at radius 3 is 2.20 bits per heavy atom. The van der Waals surface area contributed by atoms with E-state index in [0.29, 0.717) is 16.7 Å². The number of benzene rings is 1. The van der Waals surface area contributed by atoms with Gasteiger partial charge in [-0.15, -0.1) is 22.7 Å².